The molecule has 1 heterocycles. The third-order valence-electron chi connectivity index (χ3n) is 3.31. The molecule has 4 heteroatoms. The first-order valence-electron chi connectivity index (χ1n) is 5.91. The number of benzene rings is 1. The smallest absolute Gasteiger partial charge is 0.236 e. The molecule has 1 aliphatic rings. The average molecular weight is 236 g/mol. The highest BCUT2D eigenvalue weighted by Crippen LogP contribution is 2.27. The molecule has 2 unspecified atom stereocenters. The van der Waals surface area contributed by atoms with E-state index in [4.69, 9.17) is 0 Å². The molecule has 0 radical (unpaired) electrons. The van der Waals surface area contributed by atoms with Gasteiger partial charge in [0.1, 0.15) is 5.82 Å². The maximum absolute atomic E-state index is 12.8. The number of likely N-dealkylation sites (N-methyl/N-ethyl adjacent to an activating group) is 1. The minimum atomic E-state index is -0.217. The third kappa shape index (κ3) is 2.82. The van der Waals surface area contributed by atoms with Crippen LogP contribution in [-0.2, 0) is 4.79 Å². The van der Waals surface area contributed by atoms with Crippen molar-refractivity contribution >= 4 is 5.91 Å². The Morgan fingerprint density at radius 1 is 1.41 bits per heavy atom. The molecule has 1 fully saturated rings. The summed E-state index contributed by atoms with van der Waals surface area (Å²) in [5.74, 6) is 0.140. The van der Waals surface area contributed by atoms with Crippen LogP contribution in [0.5, 0.6) is 0 Å². The summed E-state index contributed by atoms with van der Waals surface area (Å²) in [6, 6.07) is 6.44. The topological polar surface area (TPSA) is 41.1 Å². The van der Waals surface area contributed by atoms with E-state index in [0.29, 0.717) is 5.92 Å². The second-order valence-corrected chi connectivity index (χ2v) is 4.39. The summed E-state index contributed by atoms with van der Waals surface area (Å²) in [7, 11) is 1.64. The lowest BCUT2D eigenvalue weighted by molar-refractivity contribution is -0.123. The van der Waals surface area contributed by atoms with E-state index in [-0.39, 0.29) is 17.8 Å². The van der Waals surface area contributed by atoms with Crippen LogP contribution in [0.3, 0.4) is 0 Å². The first-order valence-corrected chi connectivity index (χ1v) is 5.91. The maximum atomic E-state index is 12.8. The summed E-state index contributed by atoms with van der Waals surface area (Å²) in [6.07, 6.45) is 1.75. The van der Waals surface area contributed by atoms with Gasteiger partial charge in [0.2, 0.25) is 5.91 Å². The summed E-state index contributed by atoms with van der Waals surface area (Å²) in [6.45, 7) is 0.820. The number of piperidine rings is 1. The molecular formula is C13H17FN2O. The molecule has 3 nitrogen and oxygen atoms in total. The number of hydrogen-bond donors (Lipinski definition) is 2. The van der Waals surface area contributed by atoms with Gasteiger partial charge < -0.3 is 10.6 Å². The van der Waals surface area contributed by atoms with Crippen molar-refractivity contribution in [1.82, 2.24) is 10.6 Å². The van der Waals surface area contributed by atoms with Crippen molar-refractivity contribution in [3.63, 3.8) is 0 Å². The lowest BCUT2D eigenvalue weighted by Gasteiger charge is -2.29. The van der Waals surface area contributed by atoms with Crippen LogP contribution in [0.4, 0.5) is 4.39 Å². The predicted octanol–water partition coefficient (Wildman–Crippen LogP) is 1.41. The molecule has 2 rings (SSSR count). The van der Waals surface area contributed by atoms with E-state index in [1.54, 1.807) is 7.05 Å². The molecule has 0 aromatic heterocycles. The number of hydrogen-bond acceptors (Lipinski definition) is 2. The predicted molar refractivity (Wildman–Crippen MR) is 64.2 cm³/mol. The maximum Gasteiger partial charge on any atom is 0.236 e. The highest BCUT2D eigenvalue weighted by atomic mass is 19.1. The van der Waals surface area contributed by atoms with Gasteiger partial charge in [-0.25, -0.2) is 4.39 Å². The summed E-state index contributed by atoms with van der Waals surface area (Å²) < 4.78 is 12.8. The molecule has 1 aromatic rings. The first-order chi connectivity index (χ1) is 8.20. The van der Waals surface area contributed by atoms with Gasteiger partial charge in [-0.2, -0.15) is 0 Å². The lowest BCUT2D eigenvalue weighted by atomic mass is 9.86. The van der Waals surface area contributed by atoms with Gasteiger partial charge in [-0.15, -0.1) is 0 Å². The molecule has 1 saturated heterocycles. The largest absolute Gasteiger partial charge is 0.358 e. The van der Waals surface area contributed by atoms with E-state index >= 15 is 0 Å². The van der Waals surface area contributed by atoms with Crippen LogP contribution < -0.4 is 10.6 Å². The summed E-state index contributed by atoms with van der Waals surface area (Å²) in [5, 5.41) is 5.85. The number of amides is 1. The van der Waals surface area contributed by atoms with Gasteiger partial charge >= 0.3 is 0 Å². The molecule has 2 atom stereocenters. The molecule has 0 bridgehead atoms. The molecule has 0 aliphatic carbocycles. The van der Waals surface area contributed by atoms with Gasteiger partial charge in [0.25, 0.3) is 0 Å². The van der Waals surface area contributed by atoms with Crippen LogP contribution in [0.25, 0.3) is 0 Å². The number of nitrogens with one attached hydrogen (secondary N) is 2. The normalized spacial score (nSPS) is 24.4. The van der Waals surface area contributed by atoms with Crippen molar-refractivity contribution in [2.45, 2.75) is 24.8 Å². The zero-order valence-corrected chi connectivity index (χ0v) is 9.87. The fraction of sp³-hybridized carbons (Fsp3) is 0.462. The Morgan fingerprint density at radius 2 is 2.12 bits per heavy atom. The third-order valence-corrected chi connectivity index (χ3v) is 3.31. The molecule has 1 amide bonds. The molecule has 0 saturated carbocycles. The fourth-order valence-corrected chi connectivity index (χ4v) is 2.33. The first kappa shape index (κ1) is 12.0. The molecule has 1 aromatic carbocycles. The fourth-order valence-electron chi connectivity index (χ4n) is 2.33. The van der Waals surface area contributed by atoms with Gasteiger partial charge in [-0.1, -0.05) is 12.1 Å². The average Bonchev–Trinajstić information content (AvgIpc) is 2.39. The van der Waals surface area contributed by atoms with Crippen molar-refractivity contribution in [2.24, 2.45) is 0 Å². The molecule has 1 aliphatic heterocycles. The highest BCUT2D eigenvalue weighted by Gasteiger charge is 2.26. The monoisotopic (exact) mass is 236 g/mol. The SMILES string of the molecule is CNC(=O)C1CC(c2ccc(F)cc2)CCN1. The minimum absolute atomic E-state index is 0.0248. The van der Waals surface area contributed by atoms with Crippen LogP contribution in [0.15, 0.2) is 24.3 Å². The van der Waals surface area contributed by atoms with Gasteiger partial charge in [-0.3, -0.25) is 4.79 Å². The Kier molecular flexibility index (Phi) is 3.74. The molecule has 92 valence electrons. The van der Waals surface area contributed by atoms with E-state index < -0.39 is 0 Å². The zero-order chi connectivity index (χ0) is 12.3. The van der Waals surface area contributed by atoms with Crippen LogP contribution in [0, 0.1) is 5.82 Å². The second-order valence-electron chi connectivity index (χ2n) is 4.39. The van der Waals surface area contributed by atoms with Crippen molar-refractivity contribution in [3.05, 3.63) is 35.6 Å². The number of carbonyl (C=O) groups excluding carboxylic acids is 1. The molecule has 17 heavy (non-hydrogen) atoms. The second kappa shape index (κ2) is 5.27. The number of halogens is 1. The van der Waals surface area contributed by atoms with E-state index in [0.717, 1.165) is 24.9 Å². The Hall–Kier alpha value is -1.42. The van der Waals surface area contributed by atoms with Crippen LogP contribution in [0.1, 0.15) is 24.3 Å². The molecule has 2 N–H and O–H groups in total. The number of carbonyl (C=O) groups is 1. The Balaban J connectivity index is 2.06. The summed E-state index contributed by atoms with van der Waals surface area (Å²) >= 11 is 0. The molecular weight excluding hydrogens is 219 g/mol. The van der Waals surface area contributed by atoms with Gasteiger partial charge in [-0.05, 0) is 43.0 Å². The molecule has 0 spiro atoms. The van der Waals surface area contributed by atoms with Crippen molar-refractivity contribution in [2.75, 3.05) is 13.6 Å². The Morgan fingerprint density at radius 3 is 2.76 bits per heavy atom. The Bertz CT molecular complexity index is 391. The van der Waals surface area contributed by atoms with Crippen molar-refractivity contribution in [1.29, 1.82) is 0 Å². The van der Waals surface area contributed by atoms with Crippen LogP contribution >= 0.6 is 0 Å². The van der Waals surface area contributed by atoms with E-state index in [1.807, 2.05) is 12.1 Å². The van der Waals surface area contributed by atoms with Crippen LogP contribution in [-0.4, -0.2) is 25.5 Å². The van der Waals surface area contributed by atoms with E-state index in [1.165, 1.54) is 12.1 Å². The Labute approximate surface area is 100 Å². The van der Waals surface area contributed by atoms with Crippen molar-refractivity contribution in [3.8, 4) is 0 Å². The summed E-state index contributed by atoms with van der Waals surface area (Å²) in [4.78, 5) is 11.6. The number of rotatable bonds is 2. The highest BCUT2D eigenvalue weighted by molar-refractivity contribution is 5.81. The van der Waals surface area contributed by atoms with E-state index in [9.17, 15) is 9.18 Å². The van der Waals surface area contributed by atoms with Gasteiger partial charge in [0, 0.05) is 7.05 Å². The summed E-state index contributed by atoms with van der Waals surface area (Å²) in [5.41, 5.74) is 1.11. The zero-order valence-electron chi connectivity index (χ0n) is 9.87. The lowest BCUT2D eigenvalue weighted by Crippen LogP contribution is -2.47. The van der Waals surface area contributed by atoms with E-state index in [2.05, 4.69) is 10.6 Å². The van der Waals surface area contributed by atoms with Gasteiger partial charge in [0.15, 0.2) is 0 Å². The van der Waals surface area contributed by atoms with Crippen molar-refractivity contribution < 1.29 is 9.18 Å². The quantitative estimate of drug-likeness (QED) is 0.815. The standard InChI is InChI=1S/C13H17FN2O/c1-15-13(17)12-8-10(6-7-16-12)9-2-4-11(14)5-3-9/h2-5,10,12,16H,6-8H2,1H3,(H,15,17). The van der Waals surface area contributed by atoms with Crippen LogP contribution in [0.2, 0.25) is 0 Å². The van der Waals surface area contributed by atoms with Gasteiger partial charge in [0.05, 0.1) is 6.04 Å². The minimum Gasteiger partial charge on any atom is -0.358 e.